The molecule has 3 N–H and O–H groups in total. The van der Waals surface area contributed by atoms with Gasteiger partial charge < -0.3 is 16.0 Å². The van der Waals surface area contributed by atoms with Crippen LogP contribution in [-0.4, -0.2) is 17.0 Å². The van der Waals surface area contributed by atoms with Crippen LogP contribution in [0.5, 0.6) is 0 Å². The highest BCUT2D eigenvalue weighted by atomic mass is 16.2. The molecule has 144 valence electrons. The standard InChI is InChI=1S/C23H20N4O2/c28-20-24-22(18-12-6-2-7-13-18)23(25-20,19-14-8-3-9-15-19)27(21(29)26-22)16-17-10-4-1-5-11-17/h1-15H,16H2,(H,26,29)(H2,24,25,28). The van der Waals surface area contributed by atoms with Gasteiger partial charge in [-0.3, -0.25) is 4.90 Å². The molecule has 2 aliphatic heterocycles. The van der Waals surface area contributed by atoms with Gasteiger partial charge in [-0.15, -0.1) is 0 Å². The Kier molecular flexibility index (Phi) is 3.81. The van der Waals surface area contributed by atoms with Gasteiger partial charge in [0.25, 0.3) is 0 Å². The van der Waals surface area contributed by atoms with Crippen LogP contribution in [0.2, 0.25) is 0 Å². The van der Waals surface area contributed by atoms with Crippen LogP contribution in [-0.2, 0) is 17.9 Å². The Labute approximate surface area is 168 Å². The first kappa shape index (κ1) is 17.3. The maximum absolute atomic E-state index is 13.3. The largest absolute Gasteiger partial charge is 0.322 e. The van der Waals surface area contributed by atoms with Crippen LogP contribution in [0.3, 0.4) is 0 Å². The molecule has 3 aromatic carbocycles. The van der Waals surface area contributed by atoms with E-state index in [0.29, 0.717) is 6.54 Å². The second-order valence-corrected chi connectivity index (χ2v) is 7.27. The average molecular weight is 384 g/mol. The highest BCUT2D eigenvalue weighted by Gasteiger charge is 2.70. The molecule has 0 radical (unpaired) electrons. The smallest absolute Gasteiger partial charge is 0.307 e. The zero-order valence-electron chi connectivity index (χ0n) is 15.6. The molecule has 2 aliphatic rings. The van der Waals surface area contributed by atoms with Crippen molar-refractivity contribution in [3.8, 4) is 0 Å². The molecule has 2 atom stereocenters. The quantitative estimate of drug-likeness (QED) is 0.646. The molecule has 5 rings (SSSR count). The summed E-state index contributed by atoms with van der Waals surface area (Å²) in [6.07, 6.45) is 0. The average Bonchev–Trinajstić information content (AvgIpc) is 3.18. The van der Waals surface area contributed by atoms with Gasteiger partial charge in [-0.25, -0.2) is 9.59 Å². The summed E-state index contributed by atoms with van der Waals surface area (Å²) in [5, 5.41) is 9.16. The van der Waals surface area contributed by atoms with Crippen molar-refractivity contribution < 1.29 is 9.59 Å². The van der Waals surface area contributed by atoms with E-state index in [9.17, 15) is 9.59 Å². The minimum absolute atomic E-state index is 0.256. The van der Waals surface area contributed by atoms with Crippen LogP contribution in [0.1, 0.15) is 16.7 Å². The van der Waals surface area contributed by atoms with E-state index in [1.807, 2.05) is 91.0 Å². The van der Waals surface area contributed by atoms with Crippen molar-refractivity contribution in [1.82, 2.24) is 20.9 Å². The van der Waals surface area contributed by atoms with Gasteiger partial charge in [-0.2, -0.15) is 0 Å². The number of nitrogens with zero attached hydrogens (tertiary/aromatic N) is 1. The lowest BCUT2D eigenvalue weighted by Crippen LogP contribution is -2.61. The molecule has 2 saturated heterocycles. The molecule has 0 spiro atoms. The topological polar surface area (TPSA) is 73.5 Å². The first-order valence-corrected chi connectivity index (χ1v) is 9.51. The molecule has 4 amide bonds. The van der Waals surface area contributed by atoms with Gasteiger partial charge in [0.15, 0.2) is 11.3 Å². The molecule has 0 saturated carbocycles. The van der Waals surface area contributed by atoms with Crippen molar-refractivity contribution in [2.45, 2.75) is 17.9 Å². The van der Waals surface area contributed by atoms with Crippen molar-refractivity contribution in [2.75, 3.05) is 0 Å². The second kappa shape index (κ2) is 6.38. The van der Waals surface area contributed by atoms with Crippen LogP contribution < -0.4 is 16.0 Å². The fourth-order valence-corrected chi connectivity index (χ4v) is 4.44. The molecule has 6 nitrogen and oxygen atoms in total. The van der Waals surface area contributed by atoms with Crippen LogP contribution in [0, 0.1) is 0 Å². The Bertz CT molecular complexity index is 1060. The van der Waals surface area contributed by atoms with Gasteiger partial charge in [-0.05, 0) is 5.56 Å². The highest BCUT2D eigenvalue weighted by Crippen LogP contribution is 2.49. The minimum Gasteiger partial charge on any atom is -0.307 e. The van der Waals surface area contributed by atoms with Gasteiger partial charge in [0.1, 0.15) is 0 Å². The lowest BCUT2D eigenvalue weighted by Gasteiger charge is -2.42. The summed E-state index contributed by atoms with van der Waals surface area (Å²) < 4.78 is 0. The zero-order valence-corrected chi connectivity index (χ0v) is 15.6. The van der Waals surface area contributed by atoms with Gasteiger partial charge in [-0.1, -0.05) is 91.0 Å². The van der Waals surface area contributed by atoms with Gasteiger partial charge in [0.05, 0.1) is 6.54 Å². The van der Waals surface area contributed by atoms with E-state index in [1.54, 1.807) is 4.90 Å². The third-order valence-corrected chi connectivity index (χ3v) is 5.66. The zero-order chi connectivity index (χ0) is 19.9. The number of amides is 4. The number of rotatable bonds is 4. The van der Waals surface area contributed by atoms with Crippen LogP contribution in [0.4, 0.5) is 9.59 Å². The van der Waals surface area contributed by atoms with Gasteiger partial charge >= 0.3 is 12.1 Å². The fourth-order valence-electron chi connectivity index (χ4n) is 4.44. The number of fused-ring (bicyclic) bond motifs is 1. The van der Waals surface area contributed by atoms with E-state index in [0.717, 1.165) is 16.7 Å². The van der Waals surface area contributed by atoms with E-state index < -0.39 is 11.3 Å². The third kappa shape index (κ3) is 2.42. The summed E-state index contributed by atoms with van der Waals surface area (Å²) in [6.45, 7) is 0.345. The summed E-state index contributed by atoms with van der Waals surface area (Å²) in [7, 11) is 0. The Morgan fingerprint density at radius 2 is 1.21 bits per heavy atom. The van der Waals surface area contributed by atoms with Crippen molar-refractivity contribution in [1.29, 1.82) is 0 Å². The molecule has 3 aromatic rings. The lowest BCUT2D eigenvalue weighted by atomic mass is 9.82. The van der Waals surface area contributed by atoms with Crippen molar-refractivity contribution in [3.05, 3.63) is 108 Å². The number of benzene rings is 3. The van der Waals surface area contributed by atoms with E-state index in [4.69, 9.17) is 0 Å². The number of hydrogen-bond acceptors (Lipinski definition) is 2. The fraction of sp³-hybridized carbons (Fsp3) is 0.130. The lowest BCUT2D eigenvalue weighted by molar-refractivity contribution is 0.0768. The predicted octanol–water partition coefficient (Wildman–Crippen LogP) is 3.23. The number of carbonyl (C=O) groups excluding carboxylic acids is 2. The predicted molar refractivity (Wildman–Crippen MR) is 108 cm³/mol. The van der Waals surface area contributed by atoms with Crippen LogP contribution in [0.15, 0.2) is 91.0 Å². The maximum atomic E-state index is 13.3. The molecular weight excluding hydrogens is 364 g/mol. The first-order valence-electron chi connectivity index (χ1n) is 9.51. The normalized spacial score (nSPS) is 25.2. The van der Waals surface area contributed by atoms with Crippen LogP contribution >= 0.6 is 0 Å². The molecule has 2 fully saturated rings. The molecule has 0 aromatic heterocycles. The first-order chi connectivity index (χ1) is 14.2. The SMILES string of the molecule is O=C1NC2(c3ccccc3)NC(=O)N(Cc3ccccc3)C2(c2ccccc2)N1. The Hall–Kier alpha value is -3.80. The second-order valence-electron chi connectivity index (χ2n) is 7.27. The number of hydrogen-bond donors (Lipinski definition) is 3. The highest BCUT2D eigenvalue weighted by molar-refractivity contribution is 5.89. The monoisotopic (exact) mass is 384 g/mol. The molecule has 0 aliphatic carbocycles. The van der Waals surface area contributed by atoms with E-state index in [-0.39, 0.29) is 12.1 Å². The summed E-state index contributed by atoms with van der Waals surface area (Å²) in [5.74, 6) is 0. The third-order valence-electron chi connectivity index (χ3n) is 5.66. The molecule has 2 heterocycles. The Morgan fingerprint density at radius 3 is 1.83 bits per heavy atom. The summed E-state index contributed by atoms with van der Waals surface area (Å²) in [6, 6.07) is 28.3. The molecule has 2 unspecified atom stereocenters. The van der Waals surface area contributed by atoms with Gasteiger partial charge in [0, 0.05) is 11.1 Å². The summed E-state index contributed by atoms with van der Waals surface area (Å²) in [4.78, 5) is 27.7. The maximum Gasteiger partial charge on any atom is 0.322 e. The Morgan fingerprint density at radius 1 is 0.655 bits per heavy atom. The summed E-state index contributed by atoms with van der Waals surface area (Å²) in [5.41, 5.74) is 0.323. The van der Waals surface area contributed by atoms with Gasteiger partial charge in [0.2, 0.25) is 0 Å². The van der Waals surface area contributed by atoms with Crippen molar-refractivity contribution in [3.63, 3.8) is 0 Å². The molecule has 0 bridgehead atoms. The Balaban J connectivity index is 1.74. The van der Waals surface area contributed by atoms with Crippen molar-refractivity contribution >= 4 is 12.1 Å². The number of urea groups is 2. The molecule has 6 heteroatoms. The van der Waals surface area contributed by atoms with Crippen LogP contribution in [0.25, 0.3) is 0 Å². The number of nitrogens with one attached hydrogen (secondary N) is 3. The molecule has 29 heavy (non-hydrogen) atoms. The summed E-state index contributed by atoms with van der Waals surface area (Å²) >= 11 is 0. The van der Waals surface area contributed by atoms with E-state index >= 15 is 0 Å². The van der Waals surface area contributed by atoms with Crippen molar-refractivity contribution in [2.24, 2.45) is 0 Å². The van der Waals surface area contributed by atoms with E-state index in [1.165, 1.54) is 0 Å². The number of carbonyl (C=O) groups is 2. The molecular formula is C23H20N4O2. The van der Waals surface area contributed by atoms with E-state index in [2.05, 4.69) is 16.0 Å². The minimum atomic E-state index is -1.14.